The molecule has 0 aromatic heterocycles. The Morgan fingerprint density at radius 1 is 0.900 bits per heavy atom. The Hall–Kier alpha value is 0.180. The number of hydrogen-bond acceptors (Lipinski definition) is 3. The van der Waals surface area contributed by atoms with Crippen LogP contribution in [0.25, 0.3) is 0 Å². The summed E-state index contributed by atoms with van der Waals surface area (Å²) in [7, 11) is 0. The lowest BCUT2D eigenvalue weighted by Crippen LogP contribution is -2.37. The molecule has 0 bridgehead atoms. The molecule has 106 valence electrons. The third-order valence-electron chi connectivity index (χ3n) is 3.88. The summed E-state index contributed by atoms with van der Waals surface area (Å²) < 4.78 is -0.285. The molecule has 0 radical (unpaired) electrons. The van der Waals surface area contributed by atoms with Gasteiger partial charge in [-0.3, -0.25) is 0 Å². The third-order valence-corrected chi connectivity index (χ3v) is 5.71. The Bertz CT molecular complexity index is 513. The average molecular weight is 529 g/mol. The summed E-state index contributed by atoms with van der Waals surface area (Å²) in [5, 5.41) is 22.5. The molecule has 1 saturated carbocycles. The molecule has 0 amide bonds. The second kappa shape index (κ2) is 6.52. The van der Waals surface area contributed by atoms with Crippen molar-refractivity contribution in [1.82, 2.24) is 5.32 Å². The van der Waals surface area contributed by atoms with Crippen molar-refractivity contribution in [3.63, 3.8) is 0 Å². The van der Waals surface area contributed by atoms with Crippen LogP contribution < -0.4 is 5.32 Å². The average Bonchev–Trinajstić information content (AvgIpc) is 2.86. The SMILES string of the molecule is N#CC1=C(C(Br)Br)NC(C(Br)Br)=C(C#N)C12CCCC2. The summed E-state index contributed by atoms with van der Waals surface area (Å²) in [6.45, 7) is 0. The van der Waals surface area contributed by atoms with Gasteiger partial charge in [0, 0.05) is 5.41 Å². The highest BCUT2D eigenvalue weighted by molar-refractivity contribution is 9.25. The Labute approximate surface area is 152 Å². The Kier molecular flexibility index (Phi) is 5.40. The van der Waals surface area contributed by atoms with Gasteiger partial charge in [-0.05, 0) is 12.8 Å². The maximum Gasteiger partial charge on any atom is 0.110 e. The summed E-state index contributed by atoms with van der Waals surface area (Å²) in [5.41, 5.74) is 2.52. The predicted molar refractivity (Wildman–Crippen MR) is 92.6 cm³/mol. The Morgan fingerprint density at radius 2 is 1.30 bits per heavy atom. The monoisotopic (exact) mass is 525 g/mol. The van der Waals surface area contributed by atoms with Crippen LogP contribution in [-0.2, 0) is 0 Å². The van der Waals surface area contributed by atoms with Gasteiger partial charge in [0.1, 0.15) is 7.47 Å². The van der Waals surface area contributed by atoms with Gasteiger partial charge in [0.2, 0.25) is 0 Å². The van der Waals surface area contributed by atoms with Crippen LogP contribution in [-0.4, -0.2) is 7.47 Å². The number of allylic oxidation sites excluding steroid dienone is 4. The van der Waals surface area contributed by atoms with E-state index in [0.717, 1.165) is 37.1 Å². The highest BCUT2D eigenvalue weighted by Crippen LogP contribution is 2.54. The maximum absolute atomic E-state index is 9.63. The van der Waals surface area contributed by atoms with Gasteiger partial charge in [-0.25, -0.2) is 0 Å². The number of rotatable bonds is 2. The van der Waals surface area contributed by atoms with E-state index in [1.807, 2.05) is 0 Å². The lowest BCUT2D eigenvalue weighted by Gasteiger charge is -2.37. The van der Waals surface area contributed by atoms with E-state index >= 15 is 0 Å². The highest BCUT2D eigenvalue weighted by atomic mass is 79.9. The minimum atomic E-state index is -0.432. The normalized spacial score (nSPS) is 21.4. The molecule has 1 heterocycles. The van der Waals surface area contributed by atoms with E-state index < -0.39 is 5.41 Å². The summed E-state index contributed by atoms with van der Waals surface area (Å²) in [6, 6.07) is 4.67. The van der Waals surface area contributed by atoms with Crippen LogP contribution in [0.15, 0.2) is 22.5 Å². The van der Waals surface area contributed by atoms with Crippen molar-refractivity contribution < 1.29 is 0 Å². The molecule has 0 unspecified atom stereocenters. The second-order valence-corrected chi connectivity index (χ2v) is 10.9. The molecule has 20 heavy (non-hydrogen) atoms. The fourth-order valence-electron chi connectivity index (χ4n) is 3.05. The molecule has 1 aliphatic heterocycles. The van der Waals surface area contributed by atoms with E-state index in [9.17, 15) is 10.5 Å². The van der Waals surface area contributed by atoms with E-state index in [0.29, 0.717) is 11.1 Å². The molecule has 0 saturated heterocycles. The molecule has 1 spiro atoms. The van der Waals surface area contributed by atoms with E-state index in [4.69, 9.17) is 0 Å². The van der Waals surface area contributed by atoms with Crippen molar-refractivity contribution in [2.75, 3.05) is 0 Å². The van der Waals surface area contributed by atoms with E-state index in [2.05, 4.69) is 81.2 Å². The van der Waals surface area contributed by atoms with Gasteiger partial charge in [-0.15, -0.1) is 0 Å². The molecule has 7 heteroatoms. The van der Waals surface area contributed by atoms with Gasteiger partial charge < -0.3 is 5.32 Å². The predicted octanol–water partition coefficient (Wildman–Crippen LogP) is 4.94. The first-order chi connectivity index (χ1) is 9.47. The first-order valence-corrected chi connectivity index (χ1v) is 9.77. The first-order valence-electron chi connectivity index (χ1n) is 6.10. The summed E-state index contributed by atoms with van der Waals surface area (Å²) in [6.07, 6.45) is 3.79. The van der Waals surface area contributed by atoms with Crippen molar-refractivity contribution in [2.24, 2.45) is 5.41 Å². The van der Waals surface area contributed by atoms with Gasteiger partial charge in [0.15, 0.2) is 0 Å². The fraction of sp³-hybridized carbons (Fsp3) is 0.538. The third kappa shape index (κ3) is 2.63. The zero-order valence-electron chi connectivity index (χ0n) is 10.4. The molecular formula is C13H11Br4N3. The molecule has 0 aromatic rings. The molecular weight excluding hydrogens is 518 g/mol. The summed E-state index contributed by atoms with van der Waals surface area (Å²) >= 11 is 13.9. The number of dihydropyridines is 1. The van der Waals surface area contributed by atoms with Crippen molar-refractivity contribution in [3.8, 4) is 12.1 Å². The second-order valence-electron chi connectivity index (χ2n) is 4.82. The van der Waals surface area contributed by atoms with E-state index in [-0.39, 0.29) is 7.47 Å². The van der Waals surface area contributed by atoms with Gasteiger partial charge in [-0.2, -0.15) is 10.5 Å². The number of nitrogens with zero attached hydrogens (tertiary/aromatic N) is 2. The Balaban J connectivity index is 2.69. The highest BCUT2D eigenvalue weighted by Gasteiger charge is 2.48. The topological polar surface area (TPSA) is 59.6 Å². The molecule has 2 aliphatic rings. The molecule has 0 atom stereocenters. The smallest absolute Gasteiger partial charge is 0.110 e. The van der Waals surface area contributed by atoms with E-state index in [1.54, 1.807) is 0 Å². The first kappa shape index (κ1) is 16.5. The van der Waals surface area contributed by atoms with Crippen molar-refractivity contribution in [2.45, 2.75) is 33.2 Å². The number of nitriles is 2. The molecule has 2 rings (SSSR count). The maximum atomic E-state index is 9.63. The lowest BCUT2D eigenvalue weighted by atomic mass is 9.70. The van der Waals surface area contributed by atoms with Gasteiger partial charge in [-0.1, -0.05) is 76.6 Å². The standard InChI is InChI=1S/C13H11Br4N3/c14-11(15)9-7(5-18)13(3-1-2-4-13)8(6-19)10(20-9)12(16)17/h11-12,20H,1-4H2. The fourth-order valence-corrected chi connectivity index (χ4v) is 4.42. The van der Waals surface area contributed by atoms with Crippen molar-refractivity contribution >= 4 is 63.7 Å². The van der Waals surface area contributed by atoms with Crippen LogP contribution in [0.1, 0.15) is 25.7 Å². The van der Waals surface area contributed by atoms with Gasteiger partial charge in [0.25, 0.3) is 0 Å². The van der Waals surface area contributed by atoms with Crippen LogP contribution in [0, 0.1) is 28.1 Å². The number of alkyl halides is 4. The quantitative estimate of drug-likeness (QED) is 0.517. The lowest BCUT2D eigenvalue weighted by molar-refractivity contribution is 0.446. The van der Waals surface area contributed by atoms with Crippen LogP contribution in [0.2, 0.25) is 0 Å². The van der Waals surface area contributed by atoms with Crippen LogP contribution in [0.4, 0.5) is 0 Å². The minimum absolute atomic E-state index is 0.142. The molecule has 1 fully saturated rings. The minimum Gasteiger partial charge on any atom is -0.357 e. The van der Waals surface area contributed by atoms with Crippen LogP contribution in [0.3, 0.4) is 0 Å². The number of halogens is 4. The van der Waals surface area contributed by atoms with Gasteiger partial charge in [0.05, 0.1) is 34.7 Å². The largest absolute Gasteiger partial charge is 0.357 e. The van der Waals surface area contributed by atoms with Crippen molar-refractivity contribution in [1.29, 1.82) is 10.5 Å². The zero-order valence-corrected chi connectivity index (χ0v) is 16.7. The number of nitrogens with one attached hydrogen (secondary N) is 1. The molecule has 1 N–H and O–H groups in total. The summed E-state index contributed by atoms with van der Waals surface area (Å²) in [4.78, 5) is 0. The van der Waals surface area contributed by atoms with E-state index in [1.165, 1.54) is 0 Å². The van der Waals surface area contributed by atoms with Crippen molar-refractivity contribution in [3.05, 3.63) is 22.5 Å². The Morgan fingerprint density at radius 3 is 1.60 bits per heavy atom. The van der Waals surface area contributed by atoms with Crippen LogP contribution in [0.5, 0.6) is 0 Å². The van der Waals surface area contributed by atoms with Crippen LogP contribution >= 0.6 is 63.7 Å². The zero-order chi connectivity index (χ0) is 14.9. The molecule has 1 aliphatic carbocycles. The molecule has 0 aromatic carbocycles. The van der Waals surface area contributed by atoms with Gasteiger partial charge >= 0.3 is 0 Å². The number of hydrogen-bond donors (Lipinski definition) is 1. The summed E-state index contributed by atoms with van der Waals surface area (Å²) in [5.74, 6) is 0. The molecule has 3 nitrogen and oxygen atoms in total.